The average molecular weight is 1850 g/mol. The molecule has 0 spiro atoms. The fourth-order valence-electron chi connectivity index (χ4n) is 2.21. The molecular formula is C63H129Fe7N3O33+6. The Morgan fingerprint density at radius 1 is 0.217 bits per heavy atom. The molecule has 644 valence electrons. The summed E-state index contributed by atoms with van der Waals surface area (Å²) in [6.07, 6.45) is 0. The van der Waals surface area contributed by atoms with Gasteiger partial charge in [-0.15, -0.1) is 39.6 Å². The summed E-state index contributed by atoms with van der Waals surface area (Å²) in [5.41, 5.74) is -6.25. The van der Waals surface area contributed by atoms with Gasteiger partial charge in [0.05, 0.1) is 19.8 Å². The molecule has 0 rings (SSSR count). The first kappa shape index (κ1) is 177. The normalized spacial score (nSPS) is 9.76. The van der Waals surface area contributed by atoms with Crippen LogP contribution in [0.25, 0.3) is 0 Å². The summed E-state index contributed by atoms with van der Waals surface area (Å²) in [6, 6.07) is 0. The maximum Gasteiger partial charge on any atom is 4.00 e. The topological polar surface area (TPSA) is 754 Å². The van der Waals surface area contributed by atoms with E-state index in [0.717, 1.165) is 0 Å². The summed E-state index contributed by atoms with van der Waals surface area (Å²) < 4.78 is 0. The molecule has 0 aromatic carbocycles. The fourth-order valence-corrected chi connectivity index (χ4v) is 2.21. The van der Waals surface area contributed by atoms with Crippen LogP contribution < -0.4 is 76.6 Å². The first-order valence-electron chi connectivity index (χ1n) is 29.5. The Morgan fingerprint density at radius 3 is 0.302 bits per heavy atom. The molecule has 0 aliphatic heterocycles. The average Bonchev–Trinajstić information content (AvgIpc) is 3.34. The van der Waals surface area contributed by atoms with Crippen molar-refractivity contribution in [2.45, 2.75) is 187 Å². The second-order valence-corrected chi connectivity index (χ2v) is 28.8. The van der Waals surface area contributed by atoms with E-state index in [0.29, 0.717) is 58.9 Å². The molecule has 106 heavy (non-hydrogen) atoms. The molecule has 0 saturated heterocycles. The van der Waals surface area contributed by atoms with E-state index in [1.54, 1.807) is 202 Å². The van der Waals surface area contributed by atoms with Crippen molar-refractivity contribution in [3.8, 4) is 0 Å². The van der Waals surface area contributed by atoms with Crippen molar-refractivity contribution in [1.82, 2.24) is 14.7 Å². The monoisotopic (exact) mass is 1850 g/mol. The maximum absolute atomic E-state index is 10.1. The summed E-state index contributed by atoms with van der Waals surface area (Å²) in [7, 11) is 0. The van der Waals surface area contributed by atoms with E-state index in [1.807, 2.05) is 0 Å². The zero-order valence-electron chi connectivity index (χ0n) is 66.6. The number of carboxylic acid groups (broad SMARTS) is 9. The van der Waals surface area contributed by atoms with Crippen LogP contribution in [0.4, 0.5) is 0 Å². The SMILES string of the molecule is CC(C)(C)C(=O)[O-].CC(C)(C)C(=O)[O-].CC(C)(C)C(=O)[O-].CC(C)(C)C(=O)[O-].CC(C)(C)C(=O)[O-].CC(C)(C)C(=O)[O-].CC(C)(C)C(=O)[O-].CC(C)(C)C(=O)[O-].CC(C)(C)C(=O)[O-].[Fe+3].[Fe+3].[Fe+3].[Fe+3].[Fe+4].[Fe+4].[Fe+4].[O-2].[O-2].[O-2].[O-]CCN(CC[O-])CCO.[O-]CCN(CC[O-])CCO.[O-]CCN(CC[O-])CCO.[OH3+].[OH3+].[OH3+]. The van der Waals surface area contributed by atoms with Crippen LogP contribution in [0.5, 0.6) is 0 Å². The zero-order chi connectivity index (χ0) is 78.2. The summed E-state index contributed by atoms with van der Waals surface area (Å²) >= 11 is 0. The van der Waals surface area contributed by atoms with Crippen molar-refractivity contribution < 1.29 is 287 Å². The number of rotatable bonds is 18. The fraction of sp³-hybridized carbons (Fsp3) is 0.857. The predicted octanol–water partition coefficient (Wildman–Crippen LogP) is -14.1. The Labute approximate surface area is 705 Å². The van der Waals surface area contributed by atoms with E-state index in [4.69, 9.17) is 15.3 Å². The first-order valence-corrected chi connectivity index (χ1v) is 29.5. The molecule has 0 bridgehead atoms. The quantitative estimate of drug-likeness (QED) is 0.0847. The van der Waals surface area contributed by atoms with Gasteiger partial charge in [0.25, 0.3) is 0 Å². The Morgan fingerprint density at radius 2 is 0.274 bits per heavy atom. The van der Waals surface area contributed by atoms with Crippen molar-refractivity contribution in [3.05, 3.63) is 0 Å². The van der Waals surface area contributed by atoms with E-state index in [9.17, 15) is 120 Å². The third kappa shape index (κ3) is 167. The number of aliphatic carboxylic acids is 9. The number of carbonyl (C=O) groups is 9. The van der Waals surface area contributed by atoms with Crippen LogP contribution in [0.3, 0.4) is 0 Å². The van der Waals surface area contributed by atoms with Crippen LogP contribution in [0, 0.1) is 48.7 Å². The Bertz CT molecular complexity index is 1510. The van der Waals surface area contributed by atoms with Gasteiger partial charge in [-0.25, -0.2) is 0 Å². The molecule has 43 heteroatoms. The van der Waals surface area contributed by atoms with Gasteiger partial charge in [-0.2, -0.15) is 0 Å². The van der Waals surface area contributed by atoms with Gasteiger partial charge in [-0.1, -0.05) is 187 Å². The predicted molar refractivity (Wildman–Crippen MR) is 337 cm³/mol. The van der Waals surface area contributed by atoms with E-state index in [2.05, 4.69) is 0 Å². The van der Waals surface area contributed by atoms with Gasteiger partial charge in [0.2, 0.25) is 0 Å². The number of aliphatic hydroxyl groups is 3. The summed E-state index contributed by atoms with van der Waals surface area (Å²) in [5.74, 6) is -9.06. The van der Waals surface area contributed by atoms with Gasteiger partial charge in [-0.05, 0) is 39.3 Å². The molecule has 0 fully saturated rings. The molecule has 4 radical (unpaired) electrons. The van der Waals surface area contributed by atoms with Gasteiger partial charge in [-0.3, -0.25) is 0 Å². The van der Waals surface area contributed by atoms with Gasteiger partial charge >= 0.3 is 119 Å². The molecule has 0 amide bonds. The standard InChI is InChI=1S/3C6H13NO3.9C5H10O2.7Fe.3H2O.3O/c3*8-4-1-7(2-5-9)3-6-10;9*1-5(2,3)4(6)7;;;;;;;;;;;;;/h3*8H,1-6H2;9*1-3H3,(H,6,7);;;;;;;;3*1H2;;;/q3*-2;;;;;;;;;;4*+3;3*+4;;;;3*-2/p-6. The summed E-state index contributed by atoms with van der Waals surface area (Å²) in [6.45, 7) is 45.5. The number of hydrogen-bond acceptors (Lipinski definition) is 30. The van der Waals surface area contributed by atoms with Crippen molar-refractivity contribution in [2.24, 2.45) is 48.7 Å². The van der Waals surface area contributed by atoms with Gasteiger partial charge < -0.3 is 183 Å². The van der Waals surface area contributed by atoms with Gasteiger partial charge in [0.1, 0.15) is 0 Å². The van der Waals surface area contributed by atoms with Crippen molar-refractivity contribution in [1.29, 1.82) is 0 Å². The molecule has 0 atom stereocenters. The largest absolute Gasteiger partial charge is 4.00 e. The van der Waals surface area contributed by atoms with E-state index >= 15 is 0 Å². The molecule has 0 saturated carbocycles. The first-order chi connectivity index (χ1) is 41.0. The third-order valence-electron chi connectivity index (χ3n) is 9.21. The summed E-state index contributed by atoms with van der Waals surface area (Å²) in [5, 5.41) is 175. The molecule has 36 nitrogen and oxygen atoms in total. The van der Waals surface area contributed by atoms with E-state index < -0.39 is 102 Å². The maximum atomic E-state index is 10.1. The number of hydrogen-bond donors (Lipinski definition) is 3. The molecule has 0 unspecified atom stereocenters. The van der Waals surface area contributed by atoms with Gasteiger partial charge in [0.15, 0.2) is 0 Å². The second-order valence-electron chi connectivity index (χ2n) is 28.8. The number of nitrogens with zero attached hydrogens (tertiary/aromatic N) is 3. The molecule has 0 aliphatic carbocycles. The number of aliphatic hydroxyl groups excluding tert-OH is 3. The van der Waals surface area contributed by atoms with Gasteiger partial charge in [0, 0.05) is 122 Å². The molecular weight excluding hydrogens is 1720 g/mol. The van der Waals surface area contributed by atoms with Crippen LogP contribution in [-0.4, -0.2) is 202 Å². The van der Waals surface area contributed by atoms with Crippen LogP contribution >= 0.6 is 0 Å². The Hall–Kier alpha value is -1.85. The van der Waals surface area contributed by atoms with E-state index in [-0.39, 0.29) is 212 Å². The third-order valence-corrected chi connectivity index (χ3v) is 9.21. The minimum atomic E-state index is -1.01. The van der Waals surface area contributed by atoms with Crippen molar-refractivity contribution >= 4 is 53.7 Å². The van der Waals surface area contributed by atoms with Crippen LogP contribution in [-0.2, 0) is 195 Å². The summed E-state index contributed by atoms with van der Waals surface area (Å²) in [4.78, 5) is 94.2. The Balaban J connectivity index is -0.0000000291. The molecule has 0 aromatic rings. The zero-order valence-corrected chi connectivity index (χ0v) is 74.4. The molecule has 0 aliphatic rings. The molecule has 12 N–H and O–H groups in total. The minimum Gasteiger partial charge on any atom is -2.00 e. The van der Waals surface area contributed by atoms with Crippen LogP contribution in [0.15, 0.2) is 0 Å². The van der Waals surface area contributed by atoms with E-state index in [1.165, 1.54) is 0 Å². The van der Waals surface area contributed by atoms with Crippen LogP contribution in [0.1, 0.15) is 187 Å². The van der Waals surface area contributed by atoms with Crippen molar-refractivity contribution in [2.75, 3.05) is 118 Å². The Kier molecular flexibility index (Phi) is 159. The smallest absolute Gasteiger partial charge is 2.00 e. The minimum absolute atomic E-state index is 0. The molecule has 0 heterocycles. The molecule has 0 aromatic heterocycles. The second kappa shape index (κ2) is 95.5. The number of carboxylic acids is 9. The number of carbonyl (C=O) groups excluding carboxylic acids is 9. The van der Waals surface area contributed by atoms with Crippen molar-refractivity contribution in [3.63, 3.8) is 0 Å². The van der Waals surface area contributed by atoms with Crippen LogP contribution in [0.2, 0.25) is 0 Å².